The predicted octanol–water partition coefficient (Wildman–Crippen LogP) is 1.33. The summed E-state index contributed by atoms with van der Waals surface area (Å²) >= 11 is 0. The highest BCUT2D eigenvalue weighted by Gasteiger charge is 2.38. The van der Waals surface area contributed by atoms with Gasteiger partial charge in [0.05, 0.1) is 5.92 Å². The summed E-state index contributed by atoms with van der Waals surface area (Å²) in [6, 6.07) is 0.165. The molecule has 0 aromatic carbocycles. The number of carbonyl (C=O) groups is 1. The summed E-state index contributed by atoms with van der Waals surface area (Å²) in [6.07, 6.45) is 3.99. The Bertz CT molecular complexity index is 324. The first-order valence-electron chi connectivity index (χ1n) is 6.93. The molecule has 4 nitrogen and oxygen atoms in total. The fourth-order valence-electron chi connectivity index (χ4n) is 3.28. The van der Waals surface area contributed by atoms with Crippen molar-refractivity contribution in [3.05, 3.63) is 0 Å². The maximum Gasteiger partial charge on any atom is 0.308 e. The molecule has 2 fully saturated rings. The van der Waals surface area contributed by atoms with E-state index in [0.29, 0.717) is 17.4 Å². The molecule has 1 aliphatic carbocycles. The van der Waals surface area contributed by atoms with E-state index in [1.165, 1.54) is 0 Å². The van der Waals surface area contributed by atoms with Gasteiger partial charge in [0.2, 0.25) is 0 Å². The SMILES string of the molecule is CCC1CCC(C(=O)O)C(N2CCS(=O)CC2)C1. The lowest BCUT2D eigenvalue weighted by atomic mass is 9.76. The molecular weight excluding hydrogens is 250 g/mol. The van der Waals surface area contributed by atoms with Crippen molar-refractivity contribution >= 4 is 16.8 Å². The third kappa shape index (κ3) is 3.12. The van der Waals surface area contributed by atoms with Crippen LogP contribution in [0, 0.1) is 11.8 Å². The van der Waals surface area contributed by atoms with E-state index in [9.17, 15) is 14.1 Å². The Morgan fingerprint density at radius 3 is 2.56 bits per heavy atom. The largest absolute Gasteiger partial charge is 0.481 e. The number of carboxylic acid groups (broad SMARTS) is 1. The number of hydrogen-bond acceptors (Lipinski definition) is 3. The van der Waals surface area contributed by atoms with Crippen LogP contribution >= 0.6 is 0 Å². The maximum absolute atomic E-state index is 11.4. The molecular formula is C13H23NO3S. The van der Waals surface area contributed by atoms with Gasteiger partial charge in [0.15, 0.2) is 0 Å². The molecule has 5 heteroatoms. The molecule has 0 bridgehead atoms. The van der Waals surface area contributed by atoms with Crippen molar-refractivity contribution in [2.24, 2.45) is 11.8 Å². The van der Waals surface area contributed by atoms with E-state index >= 15 is 0 Å². The Labute approximate surface area is 111 Å². The molecule has 1 saturated carbocycles. The molecule has 2 rings (SSSR count). The van der Waals surface area contributed by atoms with Crippen LogP contribution in [0.5, 0.6) is 0 Å². The van der Waals surface area contributed by atoms with Crippen LogP contribution in [0.4, 0.5) is 0 Å². The van der Waals surface area contributed by atoms with Gasteiger partial charge in [-0.2, -0.15) is 0 Å². The van der Waals surface area contributed by atoms with Gasteiger partial charge in [-0.3, -0.25) is 13.9 Å². The summed E-state index contributed by atoms with van der Waals surface area (Å²) in [5.41, 5.74) is 0. The Kier molecular flexibility index (Phi) is 4.78. The molecule has 3 atom stereocenters. The molecule has 18 heavy (non-hydrogen) atoms. The minimum absolute atomic E-state index is 0.165. The average molecular weight is 273 g/mol. The molecule has 1 heterocycles. The Morgan fingerprint density at radius 2 is 2.00 bits per heavy atom. The van der Waals surface area contributed by atoms with Gasteiger partial charge in [-0.25, -0.2) is 0 Å². The second-order valence-corrected chi connectivity index (χ2v) is 7.18. The quantitative estimate of drug-likeness (QED) is 0.843. The zero-order valence-corrected chi connectivity index (χ0v) is 11.8. The molecule has 1 N–H and O–H groups in total. The minimum Gasteiger partial charge on any atom is -0.481 e. The lowest BCUT2D eigenvalue weighted by Gasteiger charge is -2.42. The second-order valence-electron chi connectivity index (χ2n) is 5.48. The topological polar surface area (TPSA) is 57.6 Å². The Morgan fingerprint density at radius 1 is 1.33 bits per heavy atom. The van der Waals surface area contributed by atoms with Crippen molar-refractivity contribution in [3.8, 4) is 0 Å². The highest BCUT2D eigenvalue weighted by Crippen LogP contribution is 2.34. The monoisotopic (exact) mass is 273 g/mol. The fraction of sp³-hybridized carbons (Fsp3) is 0.923. The standard InChI is InChI=1S/C13H23NO3S/c1-2-10-3-4-11(13(15)16)12(9-10)14-5-7-18(17)8-6-14/h10-12H,2-9H2,1H3,(H,15,16). The molecule has 1 saturated heterocycles. The molecule has 0 spiro atoms. The van der Waals surface area contributed by atoms with Gasteiger partial charge in [-0.05, 0) is 25.2 Å². The zero-order valence-electron chi connectivity index (χ0n) is 11.0. The maximum atomic E-state index is 11.4. The van der Waals surface area contributed by atoms with E-state index in [-0.39, 0.29) is 12.0 Å². The summed E-state index contributed by atoms with van der Waals surface area (Å²) in [5.74, 6) is 1.21. The van der Waals surface area contributed by atoms with Gasteiger partial charge in [0.1, 0.15) is 0 Å². The van der Waals surface area contributed by atoms with Gasteiger partial charge in [-0.1, -0.05) is 13.3 Å². The van der Waals surface area contributed by atoms with Crippen LogP contribution in [-0.2, 0) is 15.6 Å². The van der Waals surface area contributed by atoms with Gasteiger partial charge in [0, 0.05) is 41.4 Å². The van der Waals surface area contributed by atoms with Crippen LogP contribution in [-0.4, -0.2) is 50.8 Å². The minimum atomic E-state index is -0.687. The third-order valence-corrected chi connectivity index (χ3v) is 5.78. The Hall–Kier alpha value is -0.420. The van der Waals surface area contributed by atoms with Crippen LogP contribution in [0.3, 0.4) is 0 Å². The molecule has 3 unspecified atom stereocenters. The van der Waals surface area contributed by atoms with E-state index in [2.05, 4.69) is 11.8 Å². The first kappa shape index (κ1) is 14.0. The van der Waals surface area contributed by atoms with Gasteiger partial charge in [-0.15, -0.1) is 0 Å². The van der Waals surface area contributed by atoms with E-state index in [4.69, 9.17) is 0 Å². The molecule has 0 aromatic rings. The fourth-order valence-corrected chi connectivity index (χ4v) is 4.36. The smallest absolute Gasteiger partial charge is 0.308 e. The van der Waals surface area contributed by atoms with Crippen LogP contribution < -0.4 is 0 Å². The summed E-state index contributed by atoms with van der Waals surface area (Å²) in [6.45, 7) is 3.79. The normalized spacial score (nSPS) is 35.5. The summed E-state index contributed by atoms with van der Waals surface area (Å²) in [5, 5.41) is 9.36. The van der Waals surface area contributed by atoms with Crippen molar-refractivity contribution in [2.45, 2.75) is 38.6 Å². The zero-order chi connectivity index (χ0) is 13.1. The van der Waals surface area contributed by atoms with Gasteiger partial charge < -0.3 is 5.11 Å². The Balaban J connectivity index is 2.04. The predicted molar refractivity (Wildman–Crippen MR) is 72.0 cm³/mol. The van der Waals surface area contributed by atoms with Crippen molar-refractivity contribution < 1.29 is 14.1 Å². The lowest BCUT2D eigenvalue weighted by molar-refractivity contribution is -0.146. The van der Waals surface area contributed by atoms with Crippen LogP contribution in [0.2, 0.25) is 0 Å². The number of hydrogen-bond donors (Lipinski definition) is 1. The highest BCUT2D eigenvalue weighted by atomic mass is 32.2. The lowest BCUT2D eigenvalue weighted by Crippen LogP contribution is -2.51. The number of aliphatic carboxylic acids is 1. The molecule has 2 aliphatic rings. The van der Waals surface area contributed by atoms with Crippen LogP contribution in [0.25, 0.3) is 0 Å². The van der Waals surface area contributed by atoms with E-state index < -0.39 is 16.8 Å². The van der Waals surface area contributed by atoms with Crippen LogP contribution in [0.1, 0.15) is 32.6 Å². The third-order valence-electron chi connectivity index (χ3n) is 4.50. The highest BCUT2D eigenvalue weighted by molar-refractivity contribution is 7.85. The summed E-state index contributed by atoms with van der Waals surface area (Å²) in [7, 11) is -0.687. The number of rotatable bonds is 3. The van der Waals surface area contributed by atoms with Gasteiger partial charge >= 0.3 is 5.97 Å². The summed E-state index contributed by atoms with van der Waals surface area (Å²) in [4.78, 5) is 13.7. The summed E-state index contributed by atoms with van der Waals surface area (Å²) < 4.78 is 11.4. The molecule has 0 aromatic heterocycles. The second kappa shape index (κ2) is 6.15. The molecule has 0 radical (unpaired) electrons. The van der Waals surface area contributed by atoms with E-state index in [0.717, 1.165) is 38.8 Å². The number of carboxylic acids is 1. The van der Waals surface area contributed by atoms with Crippen molar-refractivity contribution in [1.29, 1.82) is 0 Å². The molecule has 104 valence electrons. The number of nitrogens with zero attached hydrogens (tertiary/aromatic N) is 1. The molecule has 1 aliphatic heterocycles. The van der Waals surface area contributed by atoms with Crippen LogP contribution in [0.15, 0.2) is 0 Å². The van der Waals surface area contributed by atoms with Crippen molar-refractivity contribution in [3.63, 3.8) is 0 Å². The van der Waals surface area contributed by atoms with Crippen molar-refractivity contribution in [1.82, 2.24) is 4.90 Å². The van der Waals surface area contributed by atoms with E-state index in [1.807, 2.05) is 0 Å². The first-order valence-corrected chi connectivity index (χ1v) is 8.42. The van der Waals surface area contributed by atoms with Gasteiger partial charge in [0.25, 0.3) is 0 Å². The first-order chi connectivity index (χ1) is 8.61. The van der Waals surface area contributed by atoms with E-state index in [1.54, 1.807) is 0 Å². The van der Waals surface area contributed by atoms with Crippen molar-refractivity contribution in [2.75, 3.05) is 24.6 Å². The average Bonchev–Trinajstić information content (AvgIpc) is 2.38. The molecule has 0 amide bonds.